The summed E-state index contributed by atoms with van der Waals surface area (Å²) in [5.74, 6) is -0.330. The smallest absolute Gasteiger partial charge is 0.254 e. The van der Waals surface area contributed by atoms with Gasteiger partial charge in [0.2, 0.25) is 0 Å². The van der Waals surface area contributed by atoms with Crippen LogP contribution in [-0.4, -0.2) is 42.2 Å². The van der Waals surface area contributed by atoms with Crippen LogP contribution in [0.1, 0.15) is 0 Å². The Hall–Kier alpha value is -0.610. The van der Waals surface area contributed by atoms with Crippen LogP contribution in [0, 0.1) is 6.61 Å². The second-order valence-corrected chi connectivity index (χ2v) is 2.07. The number of morpholine rings is 1. The van der Waals surface area contributed by atoms with Gasteiger partial charge in [0.15, 0.2) is 6.61 Å². The number of aliphatic hydroxyl groups excluding tert-OH is 1. The molecule has 0 saturated carbocycles. The first kappa shape index (κ1) is 7.50. The summed E-state index contributed by atoms with van der Waals surface area (Å²) < 4.78 is 5.00. The van der Waals surface area contributed by atoms with Gasteiger partial charge >= 0.3 is 0 Å². The first-order chi connectivity index (χ1) is 4.84. The molecule has 0 unspecified atom stereocenters. The van der Waals surface area contributed by atoms with E-state index in [9.17, 15) is 4.79 Å². The minimum Gasteiger partial charge on any atom is -0.380 e. The molecule has 0 aromatic heterocycles. The third-order valence-electron chi connectivity index (χ3n) is 1.43. The molecule has 1 aliphatic heterocycles. The second kappa shape index (κ2) is 3.53. The van der Waals surface area contributed by atoms with Crippen LogP contribution in [0.15, 0.2) is 0 Å². The molecule has 10 heavy (non-hydrogen) atoms. The highest BCUT2D eigenvalue weighted by atomic mass is 16.5. The molecule has 0 atom stereocenters. The molecule has 0 aromatic carbocycles. The van der Waals surface area contributed by atoms with Gasteiger partial charge in [-0.05, 0) is 0 Å². The van der Waals surface area contributed by atoms with E-state index < -0.39 is 0 Å². The molecule has 57 valence electrons. The molecule has 1 rings (SSSR count). The van der Waals surface area contributed by atoms with Crippen molar-refractivity contribution in [1.29, 1.82) is 0 Å². The predicted octanol–water partition coefficient (Wildman–Crippen LogP) is -0.621. The molecule has 1 heterocycles. The first-order valence-corrected chi connectivity index (χ1v) is 3.18. The van der Waals surface area contributed by atoms with Gasteiger partial charge in [-0.25, -0.2) is 0 Å². The Morgan fingerprint density at radius 1 is 1.50 bits per heavy atom. The predicted molar refractivity (Wildman–Crippen MR) is 33.6 cm³/mol. The van der Waals surface area contributed by atoms with E-state index in [1.54, 1.807) is 4.90 Å². The van der Waals surface area contributed by atoms with Gasteiger partial charge in [0, 0.05) is 13.1 Å². The Morgan fingerprint density at radius 2 is 2.10 bits per heavy atom. The molecule has 1 fully saturated rings. The van der Waals surface area contributed by atoms with Crippen molar-refractivity contribution in [1.82, 2.24) is 4.90 Å². The molecule has 0 spiro atoms. The van der Waals surface area contributed by atoms with Crippen LogP contribution in [0.2, 0.25) is 0 Å². The third-order valence-corrected chi connectivity index (χ3v) is 1.43. The summed E-state index contributed by atoms with van der Waals surface area (Å²) in [6.45, 7) is 2.89. The van der Waals surface area contributed by atoms with Gasteiger partial charge < -0.3 is 14.7 Å². The third kappa shape index (κ3) is 1.68. The maximum atomic E-state index is 10.7. The van der Waals surface area contributed by atoms with Gasteiger partial charge in [0.1, 0.15) is 0 Å². The largest absolute Gasteiger partial charge is 0.380 e. The van der Waals surface area contributed by atoms with Crippen molar-refractivity contribution in [2.45, 2.75) is 0 Å². The molecule has 1 amide bonds. The van der Waals surface area contributed by atoms with E-state index in [4.69, 9.17) is 9.84 Å². The van der Waals surface area contributed by atoms with Crippen LogP contribution < -0.4 is 0 Å². The van der Waals surface area contributed by atoms with Crippen molar-refractivity contribution in [3.8, 4) is 0 Å². The van der Waals surface area contributed by atoms with Crippen molar-refractivity contribution in [3.05, 3.63) is 6.61 Å². The van der Waals surface area contributed by atoms with Crippen LogP contribution in [0.25, 0.3) is 0 Å². The standard InChI is InChI=1S/C6H10NO3/c8-5-6(9)7-1-3-10-4-2-7/h5,8H,1-4H2. The van der Waals surface area contributed by atoms with E-state index in [-0.39, 0.29) is 5.91 Å². The summed E-state index contributed by atoms with van der Waals surface area (Å²) in [7, 11) is 0. The van der Waals surface area contributed by atoms with E-state index in [1.807, 2.05) is 0 Å². The average Bonchev–Trinajstić information content (AvgIpc) is 2.05. The zero-order chi connectivity index (χ0) is 7.40. The Balaban J connectivity index is 2.31. The molecule has 1 saturated heterocycles. The molecular formula is C6H10NO3. The fourth-order valence-electron chi connectivity index (χ4n) is 0.865. The van der Waals surface area contributed by atoms with Crippen LogP contribution >= 0.6 is 0 Å². The summed E-state index contributed by atoms with van der Waals surface area (Å²) in [5.41, 5.74) is 0. The van der Waals surface area contributed by atoms with Crippen molar-refractivity contribution in [2.75, 3.05) is 26.3 Å². The Morgan fingerprint density at radius 3 is 2.60 bits per heavy atom. The number of hydrogen-bond acceptors (Lipinski definition) is 3. The second-order valence-electron chi connectivity index (χ2n) is 2.07. The van der Waals surface area contributed by atoms with E-state index in [0.29, 0.717) is 32.9 Å². The van der Waals surface area contributed by atoms with Crippen molar-refractivity contribution >= 4 is 5.91 Å². The van der Waals surface area contributed by atoms with E-state index in [0.717, 1.165) is 0 Å². The average molecular weight is 144 g/mol. The van der Waals surface area contributed by atoms with Gasteiger partial charge in [0.25, 0.3) is 5.91 Å². The lowest BCUT2D eigenvalue weighted by molar-refractivity contribution is -0.134. The molecule has 4 nitrogen and oxygen atoms in total. The molecule has 0 aromatic rings. The molecule has 4 heteroatoms. The fraction of sp³-hybridized carbons (Fsp3) is 0.667. The van der Waals surface area contributed by atoms with Crippen LogP contribution in [0.5, 0.6) is 0 Å². The van der Waals surface area contributed by atoms with Crippen molar-refractivity contribution < 1.29 is 14.6 Å². The fourth-order valence-corrected chi connectivity index (χ4v) is 0.865. The first-order valence-electron chi connectivity index (χ1n) is 3.18. The number of aliphatic hydroxyl groups is 1. The van der Waals surface area contributed by atoms with Crippen LogP contribution in [0.3, 0.4) is 0 Å². The summed E-state index contributed by atoms with van der Waals surface area (Å²) in [6, 6.07) is 0. The summed E-state index contributed by atoms with van der Waals surface area (Å²) in [6.07, 6.45) is 0. The number of nitrogens with zero attached hydrogens (tertiary/aromatic N) is 1. The normalized spacial score (nSPS) is 19.1. The Kier molecular flexibility index (Phi) is 2.65. The lowest BCUT2D eigenvalue weighted by Gasteiger charge is -2.25. The van der Waals surface area contributed by atoms with Gasteiger partial charge in [-0.2, -0.15) is 0 Å². The maximum absolute atomic E-state index is 10.7. The number of ether oxygens (including phenoxy) is 1. The molecule has 0 bridgehead atoms. The lowest BCUT2D eigenvalue weighted by Crippen LogP contribution is -2.40. The topological polar surface area (TPSA) is 49.8 Å². The highest BCUT2D eigenvalue weighted by Crippen LogP contribution is 1.97. The van der Waals surface area contributed by atoms with Crippen molar-refractivity contribution in [3.63, 3.8) is 0 Å². The highest BCUT2D eigenvalue weighted by molar-refractivity contribution is 5.82. The zero-order valence-electron chi connectivity index (χ0n) is 5.62. The van der Waals surface area contributed by atoms with Crippen LogP contribution in [-0.2, 0) is 9.53 Å². The molecule has 1 radical (unpaired) electrons. The molecule has 0 aliphatic carbocycles. The van der Waals surface area contributed by atoms with Gasteiger partial charge in [-0.15, -0.1) is 0 Å². The number of amides is 1. The number of carbonyl (C=O) groups is 1. The van der Waals surface area contributed by atoms with Gasteiger partial charge in [0.05, 0.1) is 13.2 Å². The molecular weight excluding hydrogens is 134 g/mol. The summed E-state index contributed by atoms with van der Waals surface area (Å²) in [4.78, 5) is 12.3. The SMILES string of the molecule is O=C([CH]O)N1CCOCC1. The Labute approximate surface area is 59.4 Å². The highest BCUT2D eigenvalue weighted by Gasteiger charge is 2.15. The number of hydrogen-bond donors (Lipinski definition) is 1. The quantitative estimate of drug-likeness (QED) is 0.533. The molecule has 1 N–H and O–H groups in total. The van der Waals surface area contributed by atoms with E-state index >= 15 is 0 Å². The maximum Gasteiger partial charge on any atom is 0.254 e. The minimum atomic E-state index is -0.330. The van der Waals surface area contributed by atoms with Gasteiger partial charge in [-0.3, -0.25) is 4.79 Å². The lowest BCUT2D eigenvalue weighted by atomic mass is 10.4. The van der Waals surface area contributed by atoms with Gasteiger partial charge in [-0.1, -0.05) is 0 Å². The molecule has 1 aliphatic rings. The van der Waals surface area contributed by atoms with Crippen LogP contribution in [0.4, 0.5) is 0 Å². The van der Waals surface area contributed by atoms with E-state index in [1.165, 1.54) is 0 Å². The monoisotopic (exact) mass is 144 g/mol. The Bertz CT molecular complexity index is 120. The van der Waals surface area contributed by atoms with Crippen molar-refractivity contribution in [2.24, 2.45) is 0 Å². The number of rotatable bonds is 1. The number of carbonyl (C=O) groups excluding carboxylic acids is 1. The summed E-state index contributed by atoms with van der Waals surface area (Å²) >= 11 is 0. The van der Waals surface area contributed by atoms with E-state index in [2.05, 4.69) is 0 Å². The zero-order valence-corrected chi connectivity index (χ0v) is 5.62. The minimum absolute atomic E-state index is 0.330. The summed E-state index contributed by atoms with van der Waals surface area (Å²) in [5, 5.41) is 8.33.